The van der Waals surface area contributed by atoms with Crippen molar-refractivity contribution in [1.29, 1.82) is 0 Å². The number of methoxy groups -OCH3 is 2. The SMILES string of the molecule is COc1ccc(NC/C=C/CCl)c(OC)c1. The van der Waals surface area contributed by atoms with Crippen molar-refractivity contribution in [3.8, 4) is 11.5 Å². The van der Waals surface area contributed by atoms with Gasteiger partial charge in [-0.25, -0.2) is 0 Å². The van der Waals surface area contributed by atoms with Crippen LogP contribution in [0.4, 0.5) is 5.69 Å². The summed E-state index contributed by atoms with van der Waals surface area (Å²) in [5.74, 6) is 2.07. The molecule has 0 radical (unpaired) electrons. The van der Waals surface area contributed by atoms with Gasteiger partial charge >= 0.3 is 0 Å². The number of anilines is 1. The highest BCUT2D eigenvalue weighted by Gasteiger charge is 2.02. The normalized spacial score (nSPS) is 10.4. The van der Waals surface area contributed by atoms with Crippen molar-refractivity contribution >= 4 is 17.3 Å². The van der Waals surface area contributed by atoms with E-state index in [4.69, 9.17) is 21.1 Å². The molecule has 1 aromatic carbocycles. The molecule has 0 bridgehead atoms. The van der Waals surface area contributed by atoms with E-state index in [1.807, 2.05) is 30.4 Å². The van der Waals surface area contributed by atoms with Crippen molar-refractivity contribution in [2.75, 3.05) is 32.0 Å². The van der Waals surface area contributed by atoms with E-state index in [1.54, 1.807) is 14.2 Å². The number of allylic oxidation sites excluding steroid dienone is 1. The average Bonchev–Trinajstić information content (AvgIpc) is 2.34. The molecular weight excluding hydrogens is 226 g/mol. The summed E-state index contributed by atoms with van der Waals surface area (Å²) < 4.78 is 10.4. The van der Waals surface area contributed by atoms with Crippen LogP contribution >= 0.6 is 11.6 Å². The number of hydrogen-bond donors (Lipinski definition) is 1. The molecule has 0 heterocycles. The number of alkyl halides is 1. The topological polar surface area (TPSA) is 30.5 Å². The molecule has 0 aliphatic rings. The fourth-order valence-electron chi connectivity index (χ4n) is 1.26. The maximum absolute atomic E-state index is 5.53. The summed E-state index contributed by atoms with van der Waals surface area (Å²) in [7, 11) is 3.26. The minimum Gasteiger partial charge on any atom is -0.497 e. The predicted octanol–water partition coefficient (Wildman–Crippen LogP) is 2.91. The standard InChI is InChI=1S/C12H16ClNO2/c1-15-10-5-6-11(12(9-10)16-2)14-8-4-3-7-13/h3-6,9,14H,7-8H2,1-2H3/b4-3+. The van der Waals surface area contributed by atoms with Gasteiger partial charge in [0.25, 0.3) is 0 Å². The molecule has 0 saturated heterocycles. The molecule has 0 fully saturated rings. The van der Waals surface area contributed by atoms with Gasteiger partial charge in [-0.3, -0.25) is 0 Å². The summed E-state index contributed by atoms with van der Waals surface area (Å²) in [4.78, 5) is 0. The number of benzene rings is 1. The van der Waals surface area contributed by atoms with Crippen LogP contribution < -0.4 is 14.8 Å². The van der Waals surface area contributed by atoms with Crippen LogP contribution in [0, 0.1) is 0 Å². The molecule has 1 aromatic rings. The summed E-state index contributed by atoms with van der Waals surface area (Å²) in [5, 5.41) is 3.22. The molecule has 1 rings (SSSR count). The van der Waals surface area contributed by atoms with E-state index in [0.717, 1.165) is 23.7 Å². The van der Waals surface area contributed by atoms with Gasteiger partial charge < -0.3 is 14.8 Å². The van der Waals surface area contributed by atoms with Gasteiger partial charge in [0, 0.05) is 18.5 Å². The van der Waals surface area contributed by atoms with Crippen LogP contribution in [0.15, 0.2) is 30.4 Å². The maximum atomic E-state index is 5.53. The Hall–Kier alpha value is -1.35. The molecule has 0 saturated carbocycles. The fraction of sp³-hybridized carbons (Fsp3) is 0.333. The van der Waals surface area contributed by atoms with E-state index < -0.39 is 0 Å². The zero-order valence-electron chi connectivity index (χ0n) is 9.50. The van der Waals surface area contributed by atoms with Crippen molar-refractivity contribution in [2.45, 2.75) is 0 Å². The number of rotatable bonds is 6. The first-order valence-electron chi connectivity index (χ1n) is 4.98. The quantitative estimate of drug-likeness (QED) is 0.614. The summed E-state index contributed by atoms with van der Waals surface area (Å²) in [6.07, 6.45) is 3.86. The van der Waals surface area contributed by atoms with Gasteiger partial charge in [0.2, 0.25) is 0 Å². The Bertz CT molecular complexity index is 353. The average molecular weight is 242 g/mol. The van der Waals surface area contributed by atoms with E-state index in [1.165, 1.54) is 0 Å². The lowest BCUT2D eigenvalue weighted by molar-refractivity contribution is 0.395. The highest BCUT2D eigenvalue weighted by Crippen LogP contribution is 2.28. The van der Waals surface area contributed by atoms with E-state index in [9.17, 15) is 0 Å². The molecule has 0 aliphatic carbocycles. The molecule has 1 N–H and O–H groups in total. The molecule has 4 heteroatoms. The molecular formula is C12H16ClNO2. The Morgan fingerprint density at radius 1 is 1.25 bits per heavy atom. The first-order chi connectivity index (χ1) is 7.81. The van der Waals surface area contributed by atoms with Crippen LogP contribution in [0.3, 0.4) is 0 Å². The van der Waals surface area contributed by atoms with Crippen LogP contribution in [0.2, 0.25) is 0 Å². The van der Waals surface area contributed by atoms with Crippen LogP contribution in [0.5, 0.6) is 11.5 Å². The van der Waals surface area contributed by atoms with Crippen molar-refractivity contribution in [3.63, 3.8) is 0 Å². The highest BCUT2D eigenvalue weighted by atomic mass is 35.5. The van der Waals surface area contributed by atoms with Gasteiger partial charge in [-0.05, 0) is 12.1 Å². The van der Waals surface area contributed by atoms with Crippen molar-refractivity contribution in [2.24, 2.45) is 0 Å². The molecule has 3 nitrogen and oxygen atoms in total. The Balaban J connectivity index is 2.68. The maximum Gasteiger partial charge on any atom is 0.145 e. The van der Waals surface area contributed by atoms with Crippen LogP contribution in [0.25, 0.3) is 0 Å². The third-order valence-electron chi connectivity index (χ3n) is 2.07. The second-order valence-corrected chi connectivity index (χ2v) is 3.38. The van der Waals surface area contributed by atoms with Crippen molar-refractivity contribution < 1.29 is 9.47 Å². The van der Waals surface area contributed by atoms with E-state index in [2.05, 4.69) is 5.32 Å². The second kappa shape index (κ2) is 7.01. The lowest BCUT2D eigenvalue weighted by Gasteiger charge is -2.11. The summed E-state index contributed by atoms with van der Waals surface area (Å²) in [6.45, 7) is 0.718. The fourth-order valence-corrected chi connectivity index (χ4v) is 1.39. The van der Waals surface area contributed by atoms with Crippen LogP contribution in [-0.2, 0) is 0 Å². The van der Waals surface area contributed by atoms with Gasteiger partial charge in [-0.1, -0.05) is 12.2 Å². The monoisotopic (exact) mass is 241 g/mol. The lowest BCUT2D eigenvalue weighted by Crippen LogP contribution is -2.00. The molecule has 0 aromatic heterocycles. The summed E-state index contributed by atoms with van der Waals surface area (Å²) in [6, 6.07) is 5.65. The Kier molecular flexibility index (Phi) is 5.57. The molecule has 16 heavy (non-hydrogen) atoms. The highest BCUT2D eigenvalue weighted by molar-refractivity contribution is 6.18. The minimum atomic E-state index is 0.529. The first kappa shape index (κ1) is 12.7. The van der Waals surface area contributed by atoms with Gasteiger partial charge in [-0.2, -0.15) is 0 Å². The zero-order valence-corrected chi connectivity index (χ0v) is 10.3. The van der Waals surface area contributed by atoms with E-state index >= 15 is 0 Å². The van der Waals surface area contributed by atoms with Gasteiger partial charge in [0.1, 0.15) is 11.5 Å². The number of halogens is 1. The molecule has 88 valence electrons. The van der Waals surface area contributed by atoms with Gasteiger partial charge in [0.05, 0.1) is 19.9 Å². The largest absolute Gasteiger partial charge is 0.497 e. The van der Waals surface area contributed by atoms with Crippen LogP contribution in [0.1, 0.15) is 0 Å². The smallest absolute Gasteiger partial charge is 0.145 e. The number of hydrogen-bond acceptors (Lipinski definition) is 3. The molecule has 0 atom stereocenters. The lowest BCUT2D eigenvalue weighted by atomic mass is 10.2. The second-order valence-electron chi connectivity index (χ2n) is 3.07. The van der Waals surface area contributed by atoms with E-state index in [0.29, 0.717) is 5.88 Å². The third-order valence-corrected chi connectivity index (χ3v) is 2.25. The van der Waals surface area contributed by atoms with Gasteiger partial charge in [-0.15, -0.1) is 11.6 Å². The number of ether oxygens (including phenoxy) is 2. The predicted molar refractivity (Wildman–Crippen MR) is 67.9 cm³/mol. The summed E-state index contributed by atoms with van der Waals surface area (Å²) in [5.41, 5.74) is 0.933. The Morgan fingerprint density at radius 2 is 2.06 bits per heavy atom. The minimum absolute atomic E-state index is 0.529. The van der Waals surface area contributed by atoms with Gasteiger partial charge in [0.15, 0.2) is 0 Å². The summed E-state index contributed by atoms with van der Waals surface area (Å²) >= 11 is 5.53. The zero-order chi connectivity index (χ0) is 11.8. The molecule has 0 aliphatic heterocycles. The number of nitrogens with one attached hydrogen (secondary N) is 1. The third kappa shape index (κ3) is 3.66. The Labute approximate surface area is 101 Å². The molecule has 0 spiro atoms. The Morgan fingerprint density at radius 3 is 2.69 bits per heavy atom. The first-order valence-corrected chi connectivity index (χ1v) is 5.52. The van der Waals surface area contributed by atoms with E-state index in [-0.39, 0.29) is 0 Å². The molecule has 0 unspecified atom stereocenters. The molecule has 0 amide bonds. The van der Waals surface area contributed by atoms with Crippen molar-refractivity contribution in [1.82, 2.24) is 0 Å². The van der Waals surface area contributed by atoms with Crippen molar-refractivity contribution in [3.05, 3.63) is 30.4 Å². The van der Waals surface area contributed by atoms with Crippen LogP contribution in [-0.4, -0.2) is 26.6 Å².